The Morgan fingerprint density at radius 1 is 1.23 bits per heavy atom. The van der Waals surface area contributed by atoms with Gasteiger partial charge in [-0.2, -0.15) is 0 Å². The third kappa shape index (κ3) is 2.59. The van der Waals surface area contributed by atoms with Gasteiger partial charge in [0.1, 0.15) is 17.2 Å². The predicted molar refractivity (Wildman–Crippen MR) is 113 cm³/mol. The number of carboxylic acids is 1. The van der Waals surface area contributed by atoms with E-state index >= 15 is 0 Å². The fraction of sp³-hybridized carbons (Fsp3) is 0.273. The van der Waals surface area contributed by atoms with E-state index in [-0.39, 0.29) is 11.1 Å². The van der Waals surface area contributed by atoms with Crippen LogP contribution in [0, 0.1) is 18.7 Å². The maximum atomic E-state index is 14.8. The summed E-state index contributed by atoms with van der Waals surface area (Å²) in [5.74, 6) is 0.201. The number of fused-ring (bicyclic) bond motifs is 4. The van der Waals surface area contributed by atoms with E-state index in [0.717, 1.165) is 40.7 Å². The summed E-state index contributed by atoms with van der Waals surface area (Å²) >= 11 is 0. The van der Waals surface area contributed by atoms with Crippen LogP contribution in [-0.2, 0) is 13.6 Å². The monoisotopic (exact) mass is 418 g/mol. The molecule has 0 spiro atoms. The molecular formula is C22H19FN6O2. The van der Waals surface area contributed by atoms with Crippen LogP contribution in [0.25, 0.3) is 39.1 Å². The molecule has 0 radical (unpaired) electrons. The van der Waals surface area contributed by atoms with Crippen LogP contribution in [0.2, 0.25) is 0 Å². The lowest BCUT2D eigenvalue weighted by atomic mass is 10.2. The number of pyridine rings is 1. The Morgan fingerprint density at radius 3 is 2.77 bits per heavy atom. The van der Waals surface area contributed by atoms with Gasteiger partial charge >= 0.3 is 5.97 Å². The van der Waals surface area contributed by atoms with Gasteiger partial charge in [0.05, 0.1) is 22.3 Å². The average molecular weight is 418 g/mol. The van der Waals surface area contributed by atoms with Crippen LogP contribution < -0.4 is 0 Å². The molecular weight excluding hydrogens is 399 g/mol. The number of benzene rings is 1. The molecule has 4 aromatic heterocycles. The van der Waals surface area contributed by atoms with Crippen molar-refractivity contribution in [3.63, 3.8) is 0 Å². The molecule has 0 aliphatic heterocycles. The second kappa shape index (κ2) is 6.13. The van der Waals surface area contributed by atoms with Gasteiger partial charge in [-0.1, -0.05) is 0 Å². The lowest BCUT2D eigenvalue weighted by molar-refractivity contribution is 0.0696. The first-order chi connectivity index (χ1) is 14.9. The zero-order valence-electron chi connectivity index (χ0n) is 17.0. The Morgan fingerprint density at radius 2 is 2.03 bits per heavy atom. The normalized spacial score (nSPS) is 14.3. The Labute approximate surface area is 175 Å². The molecule has 1 saturated carbocycles. The summed E-state index contributed by atoms with van der Waals surface area (Å²) in [7, 11) is 1.75. The number of aromatic carboxylic acids is 1. The zero-order valence-corrected chi connectivity index (χ0v) is 17.0. The first kappa shape index (κ1) is 18.1. The fourth-order valence-corrected chi connectivity index (χ4v) is 4.39. The Kier molecular flexibility index (Phi) is 3.57. The molecule has 0 atom stereocenters. The molecule has 156 valence electrons. The highest BCUT2D eigenvalue weighted by molar-refractivity contribution is 5.97. The minimum absolute atomic E-state index is 0.117. The van der Waals surface area contributed by atoms with Crippen LogP contribution in [0.1, 0.15) is 29.0 Å². The molecule has 31 heavy (non-hydrogen) atoms. The highest BCUT2D eigenvalue weighted by Gasteiger charge is 2.27. The minimum Gasteiger partial charge on any atom is -0.478 e. The van der Waals surface area contributed by atoms with Gasteiger partial charge < -0.3 is 14.2 Å². The van der Waals surface area contributed by atoms with Crippen molar-refractivity contribution in [1.82, 2.24) is 28.7 Å². The number of hydrogen-bond donors (Lipinski definition) is 1. The fourth-order valence-electron chi connectivity index (χ4n) is 4.39. The second-order valence-corrected chi connectivity index (χ2v) is 8.27. The van der Waals surface area contributed by atoms with E-state index in [1.807, 2.05) is 29.7 Å². The van der Waals surface area contributed by atoms with Gasteiger partial charge in [0.15, 0.2) is 11.5 Å². The van der Waals surface area contributed by atoms with Crippen molar-refractivity contribution in [2.75, 3.05) is 0 Å². The summed E-state index contributed by atoms with van der Waals surface area (Å²) in [6.07, 6.45) is 4.30. The molecule has 5 aromatic rings. The number of carboxylic acid groups (broad SMARTS) is 1. The van der Waals surface area contributed by atoms with Crippen LogP contribution in [0.15, 0.2) is 30.5 Å². The standard InChI is InChI=1S/C22H19FN6O2/c1-11-25-26-21-18-13(5-6-28(11)21)9-17(29(18)10-12-3-4-12)20-24-16-8-14(22(30)31)7-15(23)19(16)27(20)2/h5-9,12H,3-4,10H2,1-2H3,(H,30,31). The number of aromatic nitrogens is 6. The van der Waals surface area contributed by atoms with E-state index in [0.29, 0.717) is 17.3 Å². The first-order valence-electron chi connectivity index (χ1n) is 10.2. The van der Waals surface area contributed by atoms with Crippen molar-refractivity contribution in [3.05, 3.63) is 47.7 Å². The van der Waals surface area contributed by atoms with Crippen molar-refractivity contribution < 1.29 is 14.3 Å². The predicted octanol–water partition coefficient (Wildman–Crippen LogP) is 3.79. The van der Waals surface area contributed by atoms with Crippen molar-refractivity contribution in [2.45, 2.75) is 26.3 Å². The van der Waals surface area contributed by atoms with E-state index in [1.165, 1.54) is 18.9 Å². The van der Waals surface area contributed by atoms with Crippen molar-refractivity contribution in [1.29, 1.82) is 0 Å². The van der Waals surface area contributed by atoms with E-state index in [1.54, 1.807) is 11.6 Å². The molecule has 0 bridgehead atoms. The molecule has 6 rings (SSSR count). The lowest BCUT2D eigenvalue weighted by Gasteiger charge is -2.11. The van der Waals surface area contributed by atoms with Crippen LogP contribution in [0.4, 0.5) is 4.39 Å². The van der Waals surface area contributed by atoms with Crippen LogP contribution in [0.5, 0.6) is 0 Å². The number of imidazole rings is 1. The van der Waals surface area contributed by atoms with Crippen molar-refractivity contribution in [2.24, 2.45) is 13.0 Å². The maximum absolute atomic E-state index is 14.8. The summed E-state index contributed by atoms with van der Waals surface area (Å²) in [4.78, 5) is 16.0. The molecule has 9 heteroatoms. The molecule has 1 aromatic carbocycles. The maximum Gasteiger partial charge on any atom is 0.335 e. The molecule has 1 fully saturated rings. The van der Waals surface area contributed by atoms with E-state index < -0.39 is 11.8 Å². The van der Waals surface area contributed by atoms with Gasteiger partial charge in [-0.3, -0.25) is 4.40 Å². The SMILES string of the molecule is Cc1nnc2c3c(ccn12)cc(-c1nc2cc(C(=O)O)cc(F)c2n1C)n3CC1CC1. The highest BCUT2D eigenvalue weighted by atomic mass is 19.1. The average Bonchev–Trinajstić information content (AvgIpc) is 3.24. The summed E-state index contributed by atoms with van der Waals surface area (Å²) in [5, 5.41) is 18.9. The quantitative estimate of drug-likeness (QED) is 0.480. The van der Waals surface area contributed by atoms with Gasteiger partial charge in [-0.25, -0.2) is 14.2 Å². The summed E-state index contributed by atoms with van der Waals surface area (Å²) in [6.45, 7) is 2.73. The molecule has 1 aliphatic carbocycles. The van der Waals surface area contributed by atoms with Crippen LogP contribution in [0.3, 0.4) is 0 Å². The number of halogens is 1. The summed E-state index contributed by atoms with van der Waals surface area (Å²) in [5.41, 5.74) is 3.09. The lowest BCUT2D eigenvalue weighted by Crippen LogP contribution is -2.06. The number of rotatable bonds is 4. The molecule has 0 saturated heterocycles. The number of nitrogens with zero attached hydrogens (tertiary/aromatic N) is 6. The molecule has 1 aliphatic rings. The van der Waals surface area contributed by atoms with Gasteiger partial charge in [-0.15, -0.1) is 10.2 Å². The van der Waals surface area contributed by atoms with Crippen molar-refractivity contribution >= 4 is 33.6 Å². The van der Waals surface area contributed by atoms with E-state index in [4.69, 9.17) is 0 Å². The summed E-state index contributed by atoms with van der Waals surface area (Å²) in [6, 6.07) is 6.52. The first-order valence-corrected chi connectivity index (χ1v) is 10.2. The van der Waals surface area contributed by atoms with Crippen LogP contribution >= 0.6 is 0 Å². The third-order valence-electron chi connectivity index (χ3n) is 6.14. The van der Waals surface area contributed by atoms with E-state index in [2.05, 4.69) is 19.7 Å². The molecule has 0 amide bonds. The molecule has 0 unspecified atom stereocenters. The zero-order chi connectivity index (χ0) is 21.4. The summed E-state index contributed by atoms with van der Waals surface area (Å²) < 4.78 is 20.6. The van der Waals surface area contributed by atoms with Gasteiger partial charge in [0, 0.05) is 25.2 Å². The Balaban J connectivity index is 1.66. The van der Waals surface area contributed by atoms with Gasteiger partial charge in [-0.05, 0) is 49.9 Å². The number of carbonyl (C=O) groups is 1. The topological polar surface area (TPSA) is 90.2 Å². The van der Waals surface area contributed by atoms with Gasteiger partial charge in [0.25, 0.3) is 0 Å². The number of hydrogen-bond acceptors (Lipinski definition) is 4. The molecule has 8 nitrogen and oxygen atoms in total. The van der Waals surface area contributed by atoms with Crippen molar-refractivity contribution in [3.8, 4) is 11.5 Å². The Bertz CT molecular complexity index is 1540. The van der Waals surface area contributed by atoms with Gasteiger partial charge in [0.2, 0.25) is 0 Å². The highest BCUT2D eigenvalue weighted by Crippen LogP contribution is 2.37. The second-order valence-electron chi connectivity index (χ2n) is 8.27. The Hall–Kier alpha value is -3.75. The minimum atomic E-state index is -1.18. The van der Waals surface area contributed by atoms with E-state index in [9.17, 15) is 14.3 Å². The van der Waals surface area contributed by atoms with Crippen LogP contribution in [-0.4, -0.2) is 39.8 Å². The molecule has 4 heterocycles. The smallest absolute Gasteiger partial charge is 0.335 e. The molecule has 1 N–H and O–H groups in total. The largest absolute Gasteiger partial charge is 0.478 e. The third-order valence-corrected chi connectivity index (χ3v) is 6.14. The number of aryl methyl sites for hydroxylation is 2.